The standard InChI is InChI=1S/C16H18N4O3/c17-9-11(10-5-2-1-3-6-10)18-14(21)13-12-7-4-8-20(12)16(23)19-15(13)22/h1-3,5-6,11H,4,7-9,17H2,(H,18,21)(H,19,22,23)/t11-/m1/s1. The predicted molar refractivity (Wildman–Crippen MR) is 85.3 cm³/mol. The number of aromatic nitrogens is 2. The summed E-state index contributed by atoms with van der Waals surface area (Å²) in [5.74, 6) is -0.504. The highest BCUT2D eigenvalue weighted by molar-refractivity contribution is 5.95. The van der Waals surface area contributed by atoms with E-state index in [1.54, 1.807) is 0 Å². The molecule has 0 saturated carbocycles. The molecule has 1 amide bonds. The molecule has 1 atom stereocenters. The Morgan fingerprint density at radius 2 is 2.04 bits per heavy atom. The Hall–Kier alpha value is -2.67. The van der Waals surface area contributed by atoms with E-state index < -0.39 is 23.2 Å². The number of nitrogens with zero attached hydrogens (tertiary/aromatic N) is 1. The van der Waals surface area contributed by atoms with E-state index in [0.29, 0.717) is 18.7 Å². The molecular formula is C16H18N4O3. The van der Waals surface area contributed by atoms with E-state index in [2.05, 4.69) is 10.3 Å². The van der Waals surface area contributed by atoms with Crippen LogP contribution in [0.1, 0.15) is 34.1 Å². The molecule has 0 aliphatic carbocycles. The molecule has 2 heterocycles. The van der Waals surface area contributed by atoms with Gasteiger partial charge in [-0.3, -0.25) is 19.1 Å². The van der Waals surface area contributed by atoms with E-state index in [4.69, 9.17) is 5.73 Å². The van der Waals surface area contributed by atoms with Crippen LogP contribution in [0.15, 0.2) is 39.9 Å². The van der Waals surface area contributed by atoms with Crippen molar-refractivity contribution in [2.24, 2.45) is 5.73 Å². The fraction of sp³-hybridized carbons (Fsp3) is 0.312. The minimum absolute atomic E-state index is 0.0106. The quantitative estimate of drug-likeness (QED) is 0.732. The Balaban J connectivity index is 1.94. The van der Waals surface area contributed by atoms with Gasteiger partial charge in [0.25, 0.3) is 11.5 Å². The largest absolute Gasteiger partial charge is 0.344 e. The molecule has 0 saturated heterocycles. The SMILES string of the molecule is NC[C@@H](NC(=O)c1c2n(c(=O)[nH]c1=O)CCC2)c1ccccc1. The molecular weight excluding hydrogens is 296 g/mol. The Morgan fingerprint density at radius 3 is 2.74 bits per heavy atom. The summed E-state index contributed by atoms with van der Waals surface area (Å²) in [7, 11) is 0. The van der Waals surface area contributed by atoms with Crippen molar-refractivity contribution in [1.29, 1.82) is 0 Å². The average molecular weight is 314 g/mol. The van der Waals surface area contributed by atoms with Crippen LogP contribution in [0.25, 0.3) is 0 Å². The second kappa shape index (κ2) is 6.21. The fourth-order valence-corrected chi connectivity index (χ4v) is 2.95. The van der Waals surface area contributed by atoms with Gasteiger partial charge in [-0.05, 0) is 18.4 Å². The maximum Gasteiger partial charge on any atom is 0.328 e. The molecule has 0 bridgehead atoms. The van der Waals surface area contributed by atoms with Gasteiger partial charge >= 0.3 is 5.69 Å². The summed E-state index contributed by atoms with van der Waals surface area (Å²) in [4.78, 5) is 38.6. The number of rotatable bonds is 4. The zero-order valence-electron chi connectivity index (χ0n) is 12.5. The van der Waals surface area contributed by atoms with Crippen LogP contribution < -0.4 is 22.3 Å². The van der Waals surface area contributed by atoms with E-state index in [9.17, 15) is 14.4 Å². The summed E-state index contributed by atoms with van der Waals surface area (Å²) in [5, 5.41) is 2.79. The second-order valence-corrected chi connectivity index (χ2v) is 5.51. The number of amides is 1. The first-order chi connectivity index (χ1) is 11.1. The first-order valence-corrected chi connectivity index (χ1v) is 7.53. The highest BCUT2D eigenvalue weighted by atomic mass is 16.2. The number of hydrogen-bond donors (Lipinski definition) is 3. The van der Waals surface area contributed by atoms with Crippen molar-refractivity contribution in [3.63, 3.8) is 0 Å². The zero-order valence-corrected chi connectivity index (χ0v) is 12.5. The Bertz CT molecular complexity index is 839. The fourth-order valence-electron chi connectivity index (χ4n) is 2.95. The van der Waals surface area contributed by atoms with Gasteiger partial charge in [0.15, 0.2) is 0 Å². The highest BCUT2D eigenvalue weighted by Crippen LogP contribution is 2.16. The van der Waals surface area contributed by atoms with Gasteiger partial charge in [0, 0.05) is 18.8 Å². The van der Waals surface area contributed by atoms with Gasteiger partial charge in [-0.25, -0.2) is 4.79 Å². The molecule has 1 aliphatic rings. The number of nitrogens with two attached hydrogens (primary N) is 1. The van der Waals surface area contributed by atoms with Crippen molar-refractivity contribution in [1.82, 2.24) is 14.9 Å². The van der Waals surface area contributed by atoms with Crippen molar-refractivity contribution in [2.45, 2.75) is 25.4 Å². The van der Waals surface area contributed by atoms with Crippen LogP contribution in [0.2, 0.25) is 0 Å². The molecule has 0 unspecified atom stereocenters. The third-order valence-electron chi connectivity index (χ3n) is 4.07. The number of carbonyl (C=O) groups is 1. The smallest absolute Gasteiger partial charge is 0.328 e. The van der Waals surface area contributed by atoms with Crippen LogP contribution in [0.4, 0.5) is 0 Å². The molecule has 4 N–H and O–H groups in total. The molecule has 0 fully saturated rings. The van der Waals surface area contributed by atoms with Crippen molar-refractivity contribution < 1.29 is 4.79 Å². The van der Waals surface area contributed by atoms with E-state index in [1.807, 2.05) is 30.3 Å². The minimum atomic E-state index is -0.649. The molecule has 3 rings (SSSR count). The summed E-state index contributed by atoms with van der Waals surface area (Å²) in [5.41, 5.74) is 6.02. The molecule has 0 radical (unpaired) electrons. The van der Waals surface area contributed by atoms with Crippen LogP contribution in [-0.2, 0) is 13.0 Å². The van der Waals surface area contributed by atoms with E-state index in [-0.39, 0.29) is 12.1 Å². The summed E-state index contributed by atoms with van der Waals surface area (Å²) in [6.45, 7) is 0.729. The van der Waals surface area contributed by atoms with E-state index in [1.165, 1.54) is 4.57 Å². The van der Waals surface area contributed by atoms with Gasteiger partial charge in [0.05, 0.1) is 6.04 Å². The first kappa shape index (κ1) is 15.2. The van der Waals surface area contributed by atoms with Gasteiger partial charge < -0.3 is 11.1 Å². The van der Waals surface area contributed by atoms with Crippen LogP contribution in [-0.4, -0.2) is 22.0 Å². The van der Waals surface area contributed by atoms with Gasteiger partial charge in [-0.15, -0.1) is 0 Å². The van der Waals surface area contributed by atoms with Crippen LogP contribution in [0.5, 0.6) is 0 Å². The lowest BCUT2D eigenvalue weighted by Crippen LogP contribution is -2.41. The topological polar surface area (TPSA) is 110 Å². The van der Waals surface area contributed by atoms with Gasteiger partial charge in [0.2, 0.25) is 0 Å². The molecule has 1 aromatic carbocycles. The third-order valence-corrected chi connectivity index (χ3v) is 4.07. The van der Waals surface area contributed by atoms with Crippen LogP contribution in [0.3, 0.4) is 0 Å². The Morgan fingerprint density at radius 1 is 1.30 bits per heavy atom. The van der Waals surface area contributed by atoms with E-state index in [0.717, 1.165) is 12.0 Å². The third kappa shape index (κ3) is 2.83. The Labute approximate surface area is 132 Å². The number of nitrogens with one attached hydrogen (secondary N) is 2. The maximum absolute atomic E-state index is 12.6. The van der Waals surface area contributed by atoms with Crippen molar-refractivity contribution >= 4 is 5.91 Å². The van der Waals surface area contributed by atoms with Crippen LogP contribution in [0, 0.1) is 0 Å². The average Bonchev–Trinajstić information content (AvgIpc) is 3.03. The number of H-pyrrole nitrogens is 1. The van der Waals surface area contributed by atoms with Gasteiger partial charge in [0.1, 0.15) is 5.56 Å². The van der Waals surface area contributed by atoms with E-state index >= 15 is 0 Å². The lowest BCUT2D eigenvalue weighted by atomic mass is 10.1. The van der Waals surface area contributed by atoms with Crippen molar-refractivity contribution in [3.05, 3.63) is 68.0 Å². The molecule has 1 aromatic heterocycles. The summed E-state index contributed by atoms with van der Waals surface area (Å²) in [6.07, 6.45) is 1.28. The maximum atomic E-state index is 12.6. The summed E-state index contributed by atoms with van der Waals surface area (Å²) < 4.78 is 1.45. The number of hydrogen-bond acceptors (Lipinski definition) is 4. The monoisotopic (exact) mass is 314 g/mol. The summed E-state index contributed by atoms with van der Waals surface area (Å²) in [6, 6.07) is 8.93. The molecule has 7 nitrogen and oxygen atoms in total. The number of benzene rings is 1. The molecule has 7 heteroatoms. The molecule has 23 heavy (non-hydrogen) atoms. The lowest BCUT2D eigenvalue weighted by Gasteiger charge is -2.18. The van der Waals surface area contributed by atoms with Crippen molar-refractivity contribution in [2.75, 3.05) is 6.54 Å². The molecule has 2 aromatic rings. The lowest BCUT2D eigenvalue weighted by molar-refractivity contribution is 0.0934. The van der Waals surface area contributed by atoms with Crippen LogP contribution >= 0.6 is 0 Å². The molecule has 0 spiro atoms. The van der Waals surface area contributed by atoms with Gasteiger partial charge in [-0.1, -0.05) is 30.3 Å². The zero-order chi connectivity index (χ0) is 16.4. The van der Waals surface area contributed by atoms with Gasteiger partial charge in [-0.2, -0.15) is 0 Å². The number of carbonyl (C=O) groups excluding carboxylic acids is 1. The number of fused-ring (bicyclic) bond motifs is 1. The Kier molecular flexibility index (Phi) is 4.12. The van der Waals surface area contributed by atoms with Crippen molar-refractivity contribution in [3.8, 4) is 0 Å². The first-order valence-electron chi connectivity index (χ1n) is 7.53. The highest BCUT2D eigenvalue weighted by Gasteiger charge is 2.25. The second-order valence-electron chi connectivity index (χ2n) is 5.51. The molecule has 120 valence electrons. The molecule has 1 aliphatic heterocycles. The minimum Gasteiger partial charge on any atom is -0.344 e. The number of aromatic amines is 1. The normalized spacial score (nSPS) is 14.3. The summed E-state index contributed by atoms with van der Waals surface area (Å²) >= 11 is 0. The predicted octanol–water partition coefficient (Wildman–Crippen LogP) is -0.0874.